The molecular formula is C16H21ClFNO4. The van der Waals surface area contributed by atoms with Gasteiger partial charge in [0.25, 0.3) is 0 Å². The van der Waals surface area contributed by atoms with Crippen LogP contribution in [0.15, 0.2) is 6.07 Å². The molecule has 0 aromatic heterocycles. The molecule has 0 saturated heterocycles. The summed E-state index contributed by atoms with van der Waals surface area (Å²) in [5.41, 5.74) is -0.614. The molecule has 2 N–H and O–H groups in total. The first-order valence-corrected chi connectivity index (χ1v) is 7.88. The van der Waals surface area contributed by atoms with E-state index in [0.29, 0.717) is 12.8 Å². The number of benzene rings is 1. The molecule has 0 amide bonds. The molecular weight excluding hydrogens is 325 g/mol. The molecule has 7 heteroatoms. The first-order valence-electron chi connectivity index (χ1n) is 7.50. The second kappa shape index (κ2) is 6.93. The van der Waals surface area contributed by atoms with Crippen LogP contribution in [-0.4, -0.2) is 29.8 Å². The number of methoxy groups -OCH3 is 1. The van der Waals surface area contributed by atoms with Crippen molar-refractivity contribution in [2.45, 2.75) is 51.3 Å². The van der Waals surface area contributed by atoms with E-state index in [0.717, 1.165) is 6.42 Å². The van der Waals surface area contributed by atoms with Gasteiger partial charge in [-0.05, 0) is 33.1 Å². The molecule has 5 nitrogen and oxygen atoms in total. The molecule has 0 spiro atoms. The van der Waals surface area contributed by atoms with Crippen LogP contribution in [0.3, 0.4) is 0 Å². The van der Waals surface area contributed by atoms with E-state index in [1.807, 2.05) is 0 Å². The molecule has 1 aliphatic carbocycles. The number of rotatable bonds is 6. The summed E-state index contributed by atoms with van der Waals surface area (Å²) in [5, 5.41) is 12.4. The number of hydrogen-bond donors (Lipinski definition) is 2. The van der Waals surface area contributed by atoms with Crippen LogP contribution in [0.2, 0.25) is 5.02 Å². The van der Waals surface area contributed by atoms with Crippen LogP contribution >= 0.6 is 11.6 Å². The number of hydrogen-bond acceptors (Lipinski definition) is 5. The number of nitrogens with one attached hydrogen (secondary N) is 1. The number of ether oxygens (including phenoxy) is 2. The van der Waals surface area contributed by atoms with E-state index < -0.39 is 11.4 Å². The molecule has 1 aromatic carbocycles. The lowest BCUT2D eigenvalue weighted by molar-refractivity contribution is -0.152. The van der Waals surface area contributed by atoms with Crippen LogP contribution in [0.1, 0.15) is 38.7 Å². The van der Waals surface area contributed by atoms with E-state index in [9.17, 15) is 14.3 Å². The van der Waals surface area contributed by atoms with Gasteiger partial charge >= 0.3 is 5.97 Å². The second-order valence-electron chi connectivity index (χ2n) is 5.95. The van der Waals surface area contributed by atoms with Crippen molar-refractivity contribution in [3.63, 3.8) is 0 Å². The lowest BCUT2D eigenvalue weighted by atomic mass is 9.76. The van der Waals surface area contributed by atoms with Crippen molar-refractivity contribution in [1.82, 2.24) is 5.32 Å². The smallest absolute Gasteiger partial charge is 0.326 e. The summed E-state index contributed by atoms with van der Waals surface area (Å²) in [6.45, 7) is 3.63. The first-order chi connectivity index (χ1) is 10.8. The molecule has 0 heterocycles. The van der Waals surface area contributed by atoms with Crippen molar-refractivity contribution in [1.29, 1.82) is 0 Å². The normalized spacial score (nSPS) is 16.1. The highest BCUT2D eigenvalue weighted by Gasteiger charge is 2.45. The third-order valence-electron chi connectivity index (χ3n) is 4.00. The van der Waals surface area contributed by atoms with E-state index >= 15 is 0 Å². The maximum absolute atomic E-state index is 14.4. The van der Waals surface area contributed by atoms with Crippen LogP contribution in [0.5, 0.6) is 11.5 Å². The molecule has 1 saturated carbocycles. The molecule has 0 bridgehead atoms. The van der Waals surface area contributed by atoms with Crippen molar-refractivity contribution < 1.29 is 23.8 Å². The van der Waals surface area contributed by atoms with Crippen LogP contribution in [-0.2, 0) is 16.1 Å². The van der Waals surface area contributed by atoms with Gasteiger partial charge in [-0.15, -0.1) is 0 Å². The molecule has 128 valence electrons. The molecule has 0 atom stereocenters. The lowest BCUT2D eigenvalue weighted by Crippen LogP contribution is -2.57. The molecule has 0 radical (unpaired) electrons. The van der Waals surface area contributed by atoms with Gasteiger partial charge < -0.3 is 14.6 Å². The molecule has 2 rings (SSSR count). The highest BCUT2D eigenvalue weighted by Crippen LogP contribution is 2.38. The minimum absolute atomic E-state index is 0.0446. The summed E-state index contributed by atoms with van der Waals surface area (Å²) in [4.78, 5) is 11.9. The van der Waals surface area contributed by atoms with Gasteiger partial charge in [-0.3, -0.25) is 10.1 Å². The molecule has 1 aliphatic rings. The molecule has 23 heavy (non-hydrogen) atoms. The number of esters is 1. The minimum atomic E-state index is -0.791. The Kier molecular flexibility index (Phi) is 5.37. The second-order valence-corrected chi connectivity index (χ2v) is 6.33. The fraction of sp³-hybridized carbons (Fsp3) is 0.562. The van der Waals surface area contributed by atoms with Crippen LogP contribution in [0.4, 0.5) is 4.39 Å². The molecule has 1 fully saturated rings. The number of carbonyl (C=O) groups excluding carboxylic acids is 1. The highest BCUT2D eigenvalue weighted by atomic mass is 35.5. The SMILES string of the molecule is COC(=O)C1(NCc2c(OC(C)C)cc(O)c(Cl)c2F)CCC1. The van der Waals surface area contributed by atoms with Gasteiger partial charge in [0.05, 0.1) is 13.2 Å². The van der Waals surface area contributed by atoms with Crippen LogP contribution in [0.25, 0.3) is 0 Å². The lowest BCUT2D eigenvalue weighted by Gasteiger charge is -2.39. The Morgan fingerprint density at radius 1 is 1.52 bits per heavy atom. The van der Waals surface area contributed by atoms with Crippen molar-refractivity contribution in [2.24, 2.45) is 0 Å². The van der Waals surface area contributed by atoms with Crippen molar-refractivity contribution in [2.75, 3.05) is 7.11 Å². The van der Waals surface area contributed by atoms with Gasteiger partial charge in [0.1, 0.15) is 22.1 Å². The minimum Gasteiger partial charge on any atom is -0.506 e. The number of carbonyl (C=O) groups is 1. The van der Waals surface area contributed by atoms with Gasteiger partial charge in [0.15, 0.2) is 5.82 Å². The topological polar surface area (TPSA) is 67.8 Å². The van der Waals surface area contributed by atoms with Gasteiger partial charge in [0, 0.05) is 18.2 Å². The average Bonchev–Trinajstić information content (AvgIpc) is 2.45. The van der Waals surface area contributed by atoms with E-state index in [1.54, 1.807) is 13.8 Å². The number of phenolic OH excluding ortho intramolecular Hbond substituents is 1. The summed E-state index contributed by atoms with van der Waals surface area (Å²) in [7, 11) is 1.33. The Morgan fingerprint density at radius 2 is 2.17 bits per heavy atom. The number of aromatic hydroxyl groups is 1. The zero-order valence-corrected chi connectivity index (χ0v) is 14.2. The third kappa shape index (κ3) is 3.53. The third-order valence-corrected chi connectivity index (χ3v) is 4.36. The zero-order chi connectivity index (χ0) is 17.2. The Balaban J connectivity index is 2.27. The number of phenols is 1. The van der Waals surface area contributed by atoms with Crippen molar-refractivity contribution in [3.8, 4) is 11.5 Å². The Labute approximate surface area is 139 Å². The van der Waals surface area contributed by atoms with E-state index in [2.05, 4.69) is 5.32 Å². The van der Waals surface area contributed by atoms with Gasteiger partial charge in [-0.25, -0.2) is 4.39 Å². The summed E-state index contributed by atoms with van der Waals surface area (Å²) in [6, 6.07) is 1.29. The maximum atomic E-state index is 14.4. The Bertz CT molecular complexity index is 602. The van der Waals surface area contributed by atoms with Crippen molar-refractivity contribution >= 4 is 17.6 Å². The summed E-state index contributed by atoms with van der Waals surface area (Å²) in [6.07, 6.45) is 1.96. The Hall–Kier alpha value is -1.53. The Morgan fingerprint density at radius 3 is 2.65 bits per heavy atom. The average molecular weight is 346 g/mol. The fourth-order valence-corrected chi connectivity index (χ4v) is 2.76. The fourth-order valence-electron chi connectivity index (χ4n) is 2.59. The first kappa shape index (κ1) is 17.8. The van der Waals surface area contributed by atoms with Gasteiger partial charge in [-0.1, -0.05) is 11.6 Å². The monoisotopic (exact) mass is 345 g/mol. The number of halogens is 2. The van der Waals surface area contributed by atoms with E-state index in [4.69, 9.17) is 21.1 Å². The highest BCUT2D eigenvalue weighted by molar-refractivity contribution is 6.32. The van der Waals surface area contributed by atoms with Crippen LogP contribution in [0, 0.1) is 5.82 Å². The zero-order valence-electron chi connectivity index (χ0n) is 13.4. The standard InChI is InChI=1S/C16H21ClFNO4/c1-9(2)23-12-7-11(20)13(17)14(18)10(12)8-19-16(5-4-6-16)15(21)22-3/h7,9,19-20H,4-6,8H2,1-3H3. The predicted octanol–water partition coefficient (Wildman–Crippen LogP) is 3.16. The summed E-state index contributed by atoms with van der Waals surface area (Å²) < 4.78 is 24.8. The maximum Gasteiger partial charge on any atom is 0.326 e. The molecule has 0 unspecified atom stereocenters. The molecule has 1 aromatic rings. The quantitative estimate of drug-likeness (QED) is 0.775. The van der Waals surface area contributed by atoms with Crippen molar-refractivity contribution in [3.05, 3.63) is 22.5 Å². The summed E-state index contributed by atoms with van der Waals surface area (Å²) >= 11 is 5.78. The largest absolute Gasteiger partial charge is 0.506 e. The van der Waals surface area contributed by atoms with Gasteiger partial charge in [-0.2, -0.15) is 0 Å². The predicted molar refractivity (Wildman–Crippen MR) is 84.3 cm³/mol. The van der Waals surface area contributed by atoms with Crippen LogP contribution < -0.4 is 10.1 Å². The van der Waals surface area contributed by atoms with E-state index in [1.165, 1.54) is 13.2 Å². The molecule has 0 aliphatic heterocycles. The van der Waals surface area contributed by atoms with E-state index in [-0.39, 0.29) is 40.7 Å². The van der Waals surface area contributed by atoms with Gasteiger partial charge in [0.2, 0.25) is 0 Å². The summed E-state index contributed by atoms with van der Waals surface area (Å²) in [5.74, 6) is -1.30.